The quantitative estimate of drug-likeness (QED) is 0.150. The zero-order valence-electron chi connectivity index (χ0n) is 10.4. The van der Waals surface area contributed by atoms with Crippen molar-refractivity contribution in [2.24, 2.45) is 0 Å². The van der Waals surface area contributed by atoms with Crippen molar-refractivity contribution >= 4 is 0 Å². The molecule has 0 bridgehead atoms. The Bertz CT molecular complexity index is 81.9. The summed E-state index contributed by atoms with van der Waals surface area (Å²) in [5.41, 5.74) is 0. The summed E-state index contributed by atoms with van der Waals surface area (Å²) < 4.78 is 67.9. The summed E-state index contributed by atoms with van der Waals surface area (Å²) in [7, 11) is -9.89. The summed E-state index contributed by atoms with van der Waals surface area (Å²) in [4.78, 5) is 0. The minimum absolute atomic E-state index is 0. The molecular weight excluding hydrogens is 540 g/mol. The van der Waals surface area contributed by atoms with Crippen molar-refractivity contribution in [1.29, 1.82) is 0 Å². The van der Waals surface area contributed by atoms with E-state index in [2.05, 4.69) is 0 Å². The first-order valence-electron chi connectivity index (χ1n) is 1.23. The molecule has 0 aromatic rings. The van der Waals surface area contributed by atoms with Crippen LogP contribution >= 0.6 is 0 Å². The average molecular weight is 559 g/mol. The van der Waals surface area contributed by atoms with Gasteiger partial charge in [0.05, 0.1) is 0 Å². The van der Waals surface area contributed by atoms with Gasteiger partial charge in [-0.1, -0.05) is 0 Å². The normalized spacial score (nSPS) is 6.00. The van der Waals surface area contributed by atoms with E-state index in [-0.39, 0.29) is 139 Å². The smallest absolute Gasteiger partial charge is 1.00 e. The fourth-order valence-corrected chi connectivity index (χ4v) is 0. The van der Waals surface area contributed by atoms with Crippen molar-refractivity contribution in [2.75, 3.05) is 0 Å². The van der Waals surface area contributed by atoms with Crippen LogP contribution in [0.4, 0.5) is 0 Å². The molecule has 20 heteroatoms. The molecule has 1 radical (unpaired) electrons. The predicted molar refractivity (Wildman–Crippen MR) is 30.1 cm³/mol. The summed E-state index contributed by atoms with van der Waals surface area (Å²) in [6.07, 6.45) is 0. The van der Waals surface area contributed by atoms with Crippen LogP contribution < -0.4 is 157 Å². The maximum Gasteiger partial charge on any atom is 3.00 e. The molecular formula is H18Cl4N6O8RbRu. The van der Waals surface area contributed by atoms with Crippen molar-refractivity contribution in [3.63, 3.8) is 0 Å². The van der Waals surface area contributed by atoms with Gasteiger partial charge in [0.25, 0.3) is 0 Å². The first-order valence-corrected chi connectivity index (χ1v) is 3.70. The van der Waals surface area contributed by atoms with Gasteiger partial charge >= 0.3 is 77.7 Å². The van der Waals surface area contributed by atoms with E-state index in [9.17, 15) is 0 Å². The second kappa shape index (κ2) is 43.1. The first kappa shape index (κ1) is 91.9. The fourth-order valence-electron chi connectivity index (χ4n) is 0. The molecule has 0 rings (SSSR count). The molecule has 0 saturated carbocycles. The first-order chi connectivity index (χ1) is 4.00. The minimum Gasteiger partial charge on any atom is -1.00 e. The fraction of sp³-hybridized carbons (Fsp3) is 0. The van der Waals surface area contributed by atoms with Gasteiger partial charge in [-0.05, 0) is 0 Å². The topological polar surface area (TPSA) is 394 Å². The SMILES string of the molecule is N.N.N.N.N.N.[Cl-].[Cl-].[O-][Cl+3]([O-])([O-])[O-].[O-][Cl+3]([O-])([O-])[O-].[Rb+].[Ru+3]. The van der Waals surface area contributed by atoms with E-state index in [0.717, 1.165) is 0 Å². The van der Waals surface area contributed by atoms with Crippen molar-refractivity contribution in [3.05, 3.63) is 0 Å². The van der Waals surface area contributed by atoms with Crippen LogP contribution in [-0.2, 0) is 19.5 Å². The summed E-state index contributed by atoms with van der Waals surface area (Å²) >= 11 is 0. The maximum absolute atomic E-state index is 8.49. The number of rotatable bonds is 0. The van der Waals surface area contributed by atoms with Crippen molar-refractivity contribution in [3.8, 4) is 0 Å². The van der Waals surface area contributed by atoms with Crippen LogP contribution in [0.1, 0.15) is 0 Å². The third-order valence-corrected chi connectivity index (χ3v) is 0. The maximum atomic E-state index is 8.49. The van der Waals surface area contributed by atoms with E-state index in [1.165, 1.54) is 0 Å². The van der Waals surface area contributed by atoms with Crippen LogP contribution in [0.25, 0.3) is 0 Å². The van der Waals surface area contributed by atoms with Crippen LogP contribution in [0, 0.1) is 20.5 Å². The largest absolute Gasteiger partial charge is 3.00 e. The molecule has 0 spiro atoms. The van der Waals surface area contributed by atoms with Gasteiger partial charge in [-0.15, -0.1) is 20.5 Å². The van der Waals surface area contributed by atoms with Crippen molar-refractivity contribution in [1.82, 2.24) is 36.9 Å². The Hall–Kier alpha value is 3.03. The van der Waals surface area contributed by atoms with Gasteiger partial charge in [-0.2, -0.15) is 0 Å². The monoisotopic (exact) mass is 557 g/mol. The van der Waals surface area contributed by atoms with Gasteiger partial charge < -0.3 is 61.7 Å². The Morgan fingerprint density at radius 1 is 0.400 bits per heavy atom. The molecule has 0 heterocycles. The molecule has 0 atom stereocenters. The molecule has 0 amide bonds. The molecule has 0 aromatic heterocycles. The molecule has 0 aromatic carbocycles. The molecule has 133 valence electrons. The standard InChI is InChI=1S/2ClHO4.2ClH.6H3N.Rb.Ru/c2*2-1(3,4)5;;;;;;;;;;/h2*(H,2,3,4,5);2*1H;6*1H3;;/q;;;;;;;;;;+1;+3/p-4. The zero-order valence-corrected chi connectivity index (χ0v) is 20.1. The number of hydrogen-bond donors (Lipinski definition) is 6. The molecule has 0 aliphatic rings. The van der Waals surface area contributed by atoms with E-state index < -0.39 is 20.5 Å². The summed E-state index contributed by atoms with van der Waals surface area (Å²) in [5.74, 6) is 0. The van der Waals surface area contributed by atoms with E-state index in [4.69, 9.17) is 37.3 Å². The van der Waals surface area contributed by atoms with E-state index in [1.807, 2.05) is 0 Å². The summed E-state index contributed by atoms with van der Waals surface area (Å²) in [5, 5.41) is 0. The second-order valence-corrected chi connectivity index (χ2v) is 2.27. The molecule has 0 aliphatic heterocycles. The van der Waals surface area contributed by atoms with Crippen molar-refractivity contribution < 1.29 is 160 Å². The molecule has 18 N–H and O–H groups in total. The molecule has 0 unspecified atom stereocenters. The van der Waals surface area contributed by atoms with Gasteiger partial charge in [0, 0.05) is 0 Å². The van der Waals surface area contributed by atoms with Crippen LogP contribution in [0.2, 0.25) is 0 Å². The molecule has 14 nitrogen and oxygen atoms in total. The van der Waals surface area contributed by atoms with Gasteiger partial charge in [0.15, 0.2) is 0 Å². The molecule has 0 saturated heterocycles. The van der Waals surface area contributed by atoms with Crippen LogP contribution in [-0.4, -0.2) is 0 Å². The van der Waals surface area contributed by atoms with E-state index in [0.29, 0.717) is 0 Å². The Balaban J connectivity index is -0.00000000427. The third-order valence-electron chi connectivity index (χ3n) is 0. The molecule has 20 heavy (non-hydrogen) atoms. The van der Waals surface area contributed by atoms with Gasteiger partial charge in [-0.25, -0.2) is 37.3 Å². The molecule has 0 fully saturated rings. The van der Waals surface area contributed by atoms with E-state index in [1.54, 1.807) is 0 Å². The molecule has 0 aliphatic carbocycles. The van der Waals surface area contributed by atoms with Gasteiger partial charge in [-0.3, -0.25) is 0 Å². The second-order valence-electron chi connectivity index (χ2n) is 0.756. The van der Waals surface area contributed by atoms with E-state index >= 15 is 0 Å². The summed E-state index contributed by atoms with van der Waals surface area (Å²) in [6.45, 7) is 0. The number of halogens is 4. The van der Waals surface area contributed by atoms with Crippen LogP contribution in [0.3, 0.4) is 0 Å². The van der Waals surface area contributed by atoms with Gasteiger partial charge in [0.2, 0.25) is 0 Å². The predicted octanol–water partition coefficient (Wildman–Crippen LogP) is -17.5. The Kier molecular flexibility index (Phi) is 198. The third kappa shape index (κ3) is 920. The Labute approximate surface area is 194 Å². The minimum atomic E-state index is -4.94. The number of hydrogen-bond acceptors (Lipinski definition) is 14. The average Bonchev–Trinajstić information content (AvgIpc) is 1.12. The Morgan fingerprint density at radius 2 is 0.400 bits per heavy atom. The summed E-state index contributed by atoms with van der Waals surface area (Å²) in [6, 6.07) is 0. The Morgan fingerprint density at radius 3 is 0.400 bits per heavy atom. The van der Waals surface area contributed by atoms with Crippen molar-refractivity contribution in [2.45, 2.75) is 0 Å². The van der Waals surface area contributed by atoms with Gasteiger partial charge in [0.1, 0.15) is 0 Å². The van der Waals surface area contributed by atoms with Crippen LogP contribution in [0.5, 0.6) is 0 Å². The zero-order chi connectivity index (χ0) is 9.00. The van der Waals surface area contributed by atoms with Crippen LogP contribution in [0.15, 0.2) is 0 Å².